The van der Waals surface area contributed by atoms with Gasteiger partial charge in [-0.2, -0.15) is 5.26 Å². The van der Waals surface area contributed by atoms with Crippen LogP contribution < -0.4 is 20.2 Å². The van der Waals surface area contributed by atoms with E-state index in [1.54, 1.807) is 48.5 Å². The van der Waals surface area contributed by atoms with Gasteiger partial charge in [-0.25, -0.2) is 9.83 Å². The molecule has 0 fully saturated rings. The third-order valence-electron chi connectivity index (χ3n) is 18.7. The van der Waals surface area contributed by atoms with Gasteiger partial charge in [-0.15, -0.1) is 0 Å². The number of fused-ring (bicyclic) bond motifs is 3. The Bertz CT molecular complexity index is 3750. The average Bonchev–Trinajstić information content (AvgIpc) is 1.53. The van der Waals surface area contributed by atoms with Gasteiger partial charge in [-0.3, -0.25) is 32.2 Å². The first kappa shape index (κ1) is 77.4. The van der Waals surface area contributed by atoms with E-state index in [1.165, 1.54) is 216 Å². The van der Waals surface area contributed by atoms with Crippen LogP contribution in [0.3, 0.4) is 0 Å². The molecule has 0 saturated heterocycles. The Morgan fingerprint density at radius 2 is 0.735 bits per heavy atom. The molecule has 4 heterocycles. The van der Waals surface area contributed by atoms with Gasteiger partial charge in [0.25, 0.3) is 0 Å². The second kappa shape index (κ2) is 42.1. The van der Waals surface area contributed by atoms with E-state index in [0.29, 0.717) is 44.7 Å². The Morgan fingerprint density at radius 1 is 0.439 bits per heavy atom. The van der Waals surface area contributed by atoms with Gasteiger partial charge < -0.3 is 18.4 Å². The molecule has 8 rings (SSSR count). The summed E-state index contributed by atoms with van der Waals surface area (Å²) in [6.07, 6.45) is 47.8. The van der Waals surface area contributed by atoms with Crippen molar-refractivity contribution in [3.63, 3.8) is 0 Å². The lowest BCUT2D eigenvalue weighted by Gasteiger charge is -2.14. The second-order valence-corrected chi connectivity index (χ2v) is 27.8. The predicted molar refractivity (Wildman–Crippen MR) is 402 cm³/mol. The van der Waals surface area contributed by atoms with Crippen molar-refractivity contribution in [3.05, 3.63) is 139 Å². The summed E-state index contributed by atoms with van der Waals surface area (Å²) in [5.74, 6) is 0.933. The summed E-state index contributed by atoms with van der Waals surface area (Å²) in [7, 11) is -6.84. The first-order valence-corrected chi connectivity index (χ1v) is 38.0. The maximum absolute atomic E-state index is 16.9. The highest BCUT2D eigenvalue weighted by atomic mass is 35.5. The van der Waals surface area contributed by atoms with Gasteiger partial charge in [0.2, 0.25) is 5.70 Å². The molecular weight excluding hydrogens is 1320 g/mol. The molecule has 0 aliphatic heterocycles. The standard InChI is InChI=1S/C78H96B2Cl4F4N8O2/c1-4-6-8-10-12-14-16-18-20-22-24-26-28-30-32-34-36-38-48-97-59-44-40-57(41-45-59)75-72-73(78(96(75)80(87)88)74(90-3)71-56-92-67-51-63(82)65(84)53-69(67)94-71)76(95(79(85)86)77(72)61(54-89)70-55-91-66-50-62(81)64(83)52-68(66)93-70)58-42-46-60(47-43-58)98-49-39-37-35-33-31-29-27-25-23-21-19-17-15-13-11-9-7-5-2/h40-47,50-53,55-56H,4-39,48-49H2,1-2H3/b77-61-,78-74+. The van der Waals surface area contributed by atoms with Gasteiger partial charge >= 0.3 is 14.8 Å². The molecule has 0 atom stereocenters. The van der Waals surface area contributed by atoms with E-state index in [1.807, 2.05) is 0 Å². The Balaban J connectivity index is 1.07. The van der Waals surface area contributed by atoms with Crippen molar-refractivity contribution in [2.45, 2.75) is 245 Å². The maximum atomic E-state index is 16.9. The monoisotopic (exact) mass is 1410 g/mol. The minimum Gasteiger partial charge on any atom is -0.494 e. The van der Waals surface area contributed by atoms with E-state index in [2.05, 4.69) is 34.7 Å². The highest BCUT2D eigenvalue weighted by molar-refractivity contribution is 6.45. The third kappa shape index (κ3) is 22.4. The van der Waals surface area contributed by atoms with Crippen LogP contribution in [0.25, 0.3) is 71.5 Å². The molecule has 522 valence electrons. The van der Waals surface area contributed by atoms with Crippen molar-refractivity contribution in [1.29, 1.82) is 5.26 Å². The molecule has 0 bridgehead atoms. The molecule has 4 aromatic heterocycles. The molecule has 0 aliphatic carbocycles. The van der Waals surface area contributed by atoms with E-state index in [4.69, 9.17) is 72.4 Å². The molecule has 0 aliphatic rings. The number of hydrogen-bond acceptors (Lipinski definition) is 7. The lowest BCUT2D eigenvalue weighted by molar-refractivity contribution is 0.304. The summed E-state index contributed by atoms with van der Waals surface area (Å²) in [4.78, 5) is 22.4. The zero-order chi connectivity index (χ0) is 69.4. The van der Waals surface area contributed by atoms with Gasteiger partial charge in [0.15, 0.2) is 0 Å². The quantitative estimate of drug-likeness (QED) is 0.0162. The fraction of sp³-hybridized carbons (Fsp3) is 0.513. The Kier molecular flexibility index (Phi) is 33.3. The van der Waals surface area contributed by atoms with Gasteiger partial charge in [0.1, 0.15) is 28.8 Å². The highest BCUT2D eigenvalue weighted by Gasteiger charge is 2.37. The van der Waals surface area contributed by atoms with E-state index in [-0.39, 0.29) is 75.8 Å². The van der Waals surface area contributed by atoms with Crippen LogP contribution in [0, 0.1) is 17.9 Å². The molecule has 0 amide bonds. The molecule has 0 unspecified atom stereocenters. The third-order valence-corrected chi connectivity index (χ3v) is 20.1. The summed E-state index contributed by atoms with van der Waals surface area (Å²) >= 11 is 25.7. The molecule has 0 spiro atoms. The first-order valence-electron chi connectivity index (χ1n) is 36.5. The van der Waals surface area contributed by atoms with E-state index in [0.717, 1.165) is 51.4 Å². The summed E-state index contributed by atoms with van der Waals surface area (Å²) < 4.78 is 81.2. The van der Waals surface area contributed by atoms with E-state index >= 15 is 17.3 Å². The Morgan fingerprint density at radius 3 is 1.06 bits per heavy atom. The number of nitriles is 1. The number of ether oxygens (including phenoxy) is 2. The summed E-state index contributed by atoms with van der Waals surface area (Å²) in [6, 6.07) is 20.8. The van der Waals surface area contributed by atoms with Crippen LogP contribution in [0.1, 0.15) is 256 Å². The number of benzene rings is 4. The summed E-state index contributed by atoms with van der Waals surface area (Å²) in [5, 5.41) is 10.7. The lowest BCUT2D eigenvalue weighted by Crippen LogP contribution is -2.32. The number of unbranched alkanes of at least 4 members (excludes halogenated alkanes) is 34. The minimum absolute atomic E-state index is 0.126. The normalized spacial score (nSPS) is 12.2. The van der Waals surface area contributed by atoms with Gasteiger partial charge in [0.05, 0.1) is 84.5 Å². The second-order valence-electron chi connectivity index (χ2n) is 26.2. The van der Waals surface area contributed by atoms with Crippen molar-refractivity contribution in [3.8, 4) is 40.1 Å². The lowest BCUT2D eigenvalue weighted by atomic mass is 10.0. The topological polar surface area (TPSA) is 108 Å². The van der Waals surface area contributed by atoms with Crippen LogP contribution in [0.5, 0.6) is 11.5 Å². The van der Waals surface area contributed by atoms with Crippen molar-refractivity contribution < 1.29 is 26.7 Å². The Labute approximate surface area is 599 Å². The fourth-order valence-electron chi connectivity index (χ4n) is 13.4. The molecule has 0 saturated carbocycles. The van der Waals surface area contributed by atoms with Crippen LogP contribution in [0.4, 0.5) is 17.3 Å². The van der Waals surface area contributed by atoms with Crippen molar-refractivity contribution in [2.24, 2.45) is 0 Å². The molecular formula is C78H96B2Cl4F4N8O2. The number of aromatic nitrogens is 6. The average molecular weight is 1420 g/mol. The summed E-state index contributed by atoms with van der Waals surface area (Å²) in [6.45, 7) is 14.2. The predicted octanol–water partition coefficient (Wildman–Crippen LogP) is 24.5. The zero-order valence-electron chi connectivity index (χ0n) is 57.5. The van der Waals surface area contributed by atoms with Crippen LogP contribution in [-0.4, -0.2) is 56.9 Å². The van der Waals surface area contributed by atoms with Gasteiger partial charge in [-0.05, 0) is 96.8 Å². The number of nitrogens with zero attached hydrogens (tertiary/aromatic N) is 8. The molecule has 8 aromatic rings. The molecule has 0 radical (unpaired) electrons. The number of hydrogen-bond donors (Lipinski definition) is 0. The van der Waals surface area contributed by atoms with Crippen molar-refractivity contribution >= 4 is 105 Å². The smallest absolute Gasteiger partial charge is 0.494 e. The number of halogens is 8. The SMILES string of the molecule is [C-]#[N+]/C(c1cnc2cc(Cl)c(Cl)cc2n1)=c1\c2c(-c3ccc(OCCCCCCCCCCCCCCCCCCCC)cc3)n(B(F)F)/c(=C(/C#N)c3cnc4cc(Cl)c(Cl)cc4n3)c2c(-c2ccc(OCCCCCCCCCCCCCCCCCCCC)cc2)n1B(F)F. The largest absolute Gasteiger partial charge is 0.678 e. The van der Waals surface area contributed by atoms with Crippen LogP contribution >= 0.6 is 46.4 Å². The minimum atomic E-state index is -3.42. The molecule has 20 heteroatoms. The summed E-state index contributed by atoms with van der Waals surface area (Å²) in [5.41, 5.74) is -0.521. The van der Waals surface area contributed by atoms with Gasteiger partial charge in [0, 0.05) is 28.4 Å². The molecule has 0 N–H and O–H groups in total. The van der Waals surface area contributed by atoms with Gasteiger partial charge in [-0.1, -0.05) is 279 Å². The van der Waals surface area contributed by atoms with Crippen LogP contribution in [0.2, 0.25) is 20.1 Å². The number of rotatable bonds is 46. The first-order chi connectivity index (χ1) is 47.9. The van der Waals surface area contributed by atoms with Crippen LogP contribution in [-0.2, 0) is 0 Å². The fourth-order valence-corrected chi connectivity index (χ4v) is 14.0. The molecule has 4 aromatic carbocycles. The van der Waals surface area contributed by atoms with E-state index in [9.17, 15) is 5.26 Å². The Hall–Kier alpha value is -6.29. The van der Waals surface area contributed by atoms with Crippen LogP contribution in [0.15, 0.2) is 85.2 Å². The molecule has 10 nitrogen and oxygen atoms in total. The van der Waals surface area contributed by atoms with Crippen molar-refractivity contribution in [1.82, 2.24) is 28.9 Å². The van der Waals surface area contributed by atoms with Crippen molar-refractivity contribution in [2.75, 3.05) is 13.2 Å². The zero-order valence-corrected chi connectivity index (χ0v) is 60.5. The molecule has 98 heavy (non-hydrogen) atoms. The maximum Gasteiger partial charge on any atom is 0.678 e. The van der Waals surface area contributed by atoms with E-state index < -0.39 is 36.8 Å². The highest BCUT2D eigenvalue weighted by Crippen LogP contribution is 2.39.